The maximum Gasteiger partial charge on any atom is 0.258 e. The quantitative estimate of drug-likeness (QED) is 0.460. The number of amides is 1. The zero-order valence-electron chi connectivity index (χ0n) is 19.2. The number of hydrogen-bond donors (Lipinski definition) is 1. The molecule has 1 N–H and O–H groups in total. The highest BCUT2D eigenvalue weighted by Crippen LogP contribution is 2.32. The van der Waals surface area contributed by atoms with E-state index in [2.05, 4.69) is 75.0 Å². The monoisotopic (exact) mass is 433 g/mol. The highest BCUT2D eigenvalue weighted by Gasteiger charge is 2.22. The summed E-state index contributed by atoms with van der Waals surface area (Å²) in [5.74, 6) is 0.587. The van der Waals surface area contributed by atoms with Crippen molar-refractivity contribution >= 4 is 23.4 Å². The standard InChI is InChI=1S/C26H31N3OS/c1-25(2,3)19-14-20(26(4,5)6)16-21(15-19)29-23(30)22-8-7-11-28-24(22)31-17-18-9-12-27-13-10-18/h7-16H,17H2,1-6H3,(H,29,30). The van der Waals surface area contributed by atoms with E-state index in [-0.39, 0.29) is 16.7 Å². The number of pyridine rings is 2. The van der Waals surface area contributed by atoms with Crippen molar-refractivity contribution in [1.29, 1.82) is 0 Å². The third kappa shape index (κ3) is 6.17. The molecule has 162 valence electrons. The first kappa shape index (κ1) is 23.0. The number of thioether (sulfide) groups is 1. The largest absolute Gasteiger partial charge is 0.322 e. The third-order valence-electron chi connectivity index (χ3n) is 5.06. The van der Waals surface area contributed by atoms with E-state index in [1.54, 1.807) is 36.4 Å². The Morgan fingerprint density at radius 3 is 2.10 bits per heavy atom. The number of nitrogens with one attached hydrogen (secondary N) is 1. The van der Waals surface area contributed by atoms with Crippen LogP contribution in [0.2, 0.25) is 0 Å². The molecule has 0 saturated heterocycles. The Kier molecular flexibility index (Phi) is 6.85. The molecule has 31 heavy (non-hydrogen) atoms. The molecule has 0 unspecified atom stereocenters. The van der Waals surface area contributed by atoms with Crippen molar-refractivity contribution in [2.75, 3.05) is 5.32 Å². The van der Waals surface area contributed by atoms with Crippen molar-refractivity contribution in [1.82, 2.24) is 9.97 Å². The van der Waals surface area contributed by atoms with E-state index in [4.69, 9.17) is 0 Å². The molecule has 0 radical (unpaired) electrons. The highest BCUT2D eigenvalue weighted by atomic mass is 32.2. The molecule has 2 heterocycles. The molecule has 5 heteroatoms. The van der Waals surface area contributed by atoms with Crippen LogP contribution >= 0.6 is 11.8 Å². The normalized spacial score (nSPS) is 11.9. The first-order valence-electron chi connectivity index (χ1n) is 10.5. The summed E-state index contributed by atoms with van der Waals surface area (Å²) < 4.78 is 0. The SMILES string of the molecule is CC(C)(C)c1cc(NC(=O)c2cccnc2SCc2ccncc2)cc(C(C)(C)C)c1. The van der Waals surface area contributed by atoms with E-state index in [1.165, 1.54) is 11.1 Å². The van der Waals surface area contributed by atoms with Gasteiger partial charge in [-0.25, -0.2) is 4.98 Å². The molecule has 4 nitrogen and oxygen atoms in total. The van der Waals surface area contributed by atoms with E-state index in [0.717, 1.165) is 22.0 Å². The van der Waals surface area contributed by atoms with E-state index < -0.39 is 0 Å². The van der Waals surface area contributed by atoms with Crippen LogP contribution in [0.4, 0.5) is 5.69 Å². The number of carbonyl (C=O) groups is 1. The first-order valence-corrected chi connectivity index (χ1v) is 11.5. The average Bonchev–Trinajstić information content (AvgIpc) is 2.71. The fourth-order valence-electron chi connectivity index (χ4n) is 3.07. The van der Waals surface area contributed by atoms with Crippen LogP contribution in [0.25, 0.3) is 0 Å². The summed E-state index contributed by atoms with van der Waals surface area (Å²) in [5, 5.41) is 3.84. The van der Waals surface area contributed by atoms with Crippen molar-refractivity contribution in [2.24, 2.45) is 0 Å². The van der Waals surface area contributed by atoms with Crippen LogP contribution in [0.5, 0.6) is 0 Å². The molecule has 0 atom stereocenters. The lowest BCUT2D eigenvalue weighted by Crippen LogP contribution is -2.19. The summed E-state index contributed by atoms with van der Waals surface area (Å²) in [7, 11) is 0. The highest BCUT2D eigenvalue weighted by molar-refractivity contribution is 7.98. The van der Waals surface area contributed by atoms with Gasteiger partial charge < -0.3 is 5.32 Å². The fourth-order valence-corrected chi connectivity index (χ4v) is 4.02. The van der Waals surface area contributed by atoms with Crippen molar-refractivity contribution < 1.29 is 4.79 Å². The summed E-state index contributed by atoms with van der Waals surface area (Å²) in [5.41, 5.74) is 4.92. The molecule has 0 aliphatic rings. The molecule has 3 rings (SSSR count). The topological polar surface area (TPSA) is 54.9 Å². The molecule has 1 amide bonds. The Morgan fingerprint density at radius 1 is 0.903 bits per heavy atom. The Labute approximate surface area is 189 Å². The fraction of sp³-hybridized carbons (Fsp3) is 0.346. The second-order valence-electron chi connectivity index (χ2n) is 9.75. The number of benzene rings is 1. The lowest BCUT2D eigenvalue weighted by Gasteiger charge is -2.26. The van der Waals surface area contributed by atoms with E-state index >= 15 is 0 Å². The molecular formula is C26H31N3OS. The van der Waals surface area contributed by atoms with Gasteiger partial charge in [-0.3, -0.25) is 9.78 Å². The number of anilines is 1. The molecule has 0 fully saturated rings. The molecular weight excluding hydrogens is 402 g/mol. The lowest BCUT2D eigenvalue weighted by molar-refractivity contribution is 0.102. The van der Waals surface area contributed by atoms with Gasteiger partial charge in [-0.1, -0.05) is 47.6 Å². The number of nitrogens with zero attached hydrogens (tertiary/aromatic N) is 2. The van der Waals surface area contributed by atoms with Gasteiger partial charge in [0.2, 0.25) is 0 Å². The second kappa shape index (κ2) is 9.23. The van der Waals surface area contributed by atoms with Gasteiger partial charge in [0, 0.05) is 30.0 Å². The lowest BCUT2D eigenvalue weighted by atomic mass is 9.80. The van der Waals surface area contributed by atoms with E-state index in [1.807, 2.05) is 18.2 Å². The van der Waals surface area contributed by atoms with Gasteiger partial charge in [0.15, 0.2) is 0 Å². The predicted octanol–water partition coefficient (Wildman–Crippen LogP) is 6.62. The zero-order chi connectivity index (χ0) is 22.6. The molecule has 0 spiro atoms. The average molecular weight is 434 g/mol. The van der Waals surface area contributed by atoms with E-state index in [9.17, 15) is 4.79 Å². The summed E-state index contributed by atoms with van der Waals surface area (Å²) in [6.07, 6.45) is 5.28. The molecule has 0 aliphatic heterocycles. The molecule has 2 aromatic heterocycles. The summed E-state index contributed by atoms with van der Waals surface area (Å²) in [6.45, 7) is 13.1. The maximum atomic E-state index is 13.2. The molecule has 0 aliphatic carbocycles. The first-order chi connectivity index (χ1) is 14.5. The molecule has 3 aromatic rings. The van der Waals surface area contributed by atoms with Gasteiger partial charge in [-0.2, -0.15) is 0 Å². The van der Waals surface area contributed by atoms with Gasteiger partial charge in [0.05, 0.1) is 5.56 Å². The van der Waals surface area contributed by atoms with Crippen molar-refractivity contribution in [2.45, 2.75) is 63.2 Å². The van der Waals surface area contributed by atoms with Gasteiger partial charge in [-0.05, 0) is 63.9 Å². The molecule has 1 aromatic carbocycles. The third-order valence-corrected chi connectivity index (χ3v) is 6.14. The minimum atomic E-state index is -0.142. The van der Waals surface area contributed by atoms with Gasteiger partial charge in [-0.15, -0.1) is 11.8 Å². The molecule has 0 bridgehead atoms. The summed E-state index contributed by atoms with van der Waals surface area (Å²) >= 11 is 1.55. The number of aromatic nitrogens is 2. The Morgan fingerprint density at radius 2 is 1.52 bits per heavy atom. The predicted molar refractivity (Wildman–Crippen MR) is 130 cm³/mol. The van der Waals surface area contributed by atoms with Crippen molar-refractivity contribution in [3.8, 4) is 0 Å². The van der Waals surface area contributed by atoms with Gasteiger partial charge >= 0.3 is 0 Å². The Hall–Kier alpha value is -2.66. The van der Waals surface area contributed by atoms with Crippen molar-refractivity contribution in [3.05, 3.63) is 83.3 Å². The zero-order valence-corrected chi connectivity index (χ0v) is 20.0. The van der Waals surface area contributed by atoms with Crippen LogP contribution in [-0.2, 0) is 16.6 Å². The number of carbonyl (C=O) groups excluding carboxylic acids is 1. The summed E-state index contributed by atoms with van der Waals surface area (Å²) in [4.78, 5) is 21.7. The van der Waals surface area contributed by atoms with Crippen LogP contribution in [0.3, 0.4) is 0 Å². The van der Waals surface area contributed by atoms with Gasteiger partial charge in [0.1, 0.15) is 5.03 Å². The number of hydrogen-bond acceptors (Lipinski definition) is 4. The Bertz CT molecular complexity index is 1020. The van der Waals surface area contributed by atoms with Crippen LogP contribution in [-0.4, -0.2) is 15.9 Å². The smallest absolute Gasteiger partial charge is 0.258 e. The minimum Gasteiger partial charge on any atom is -0.322 e. The van der Waals surface area contributed by atoms with Crippen LogP contribution in [0, 0.1) is 0 Å². The van der Waals surface area contributed by atoms with Gasteiger partial charge in [0.25, 0.3) is 5.91 Å². The molecule has 0 saturated carbocycles. The maximum absolute atomic E-state index is 13.2. The van der Waals surface area contributed by atoms with Crippen LogP contribution in [0.15, 0.2) is 66.1 Å². The van der Waals surface area contributed by atoms with Crippen LogP contribution < -0.4 is 5.32 Å². The Balaban J connectivity index is 1.86. The summed E-state index contributed by atoms with van der Waals surface area (Å²) in [6, 6.07) is 14.0. The second-order valence-corrected chi connectivity index (χ2v) is 10.7. The number of rotatable bonds is 5. The minimum absolute atomic E-state index is 0.0133. The van der Waals surface area contributed by atoms with E-state index in [0.29, 0.717) is 5.56 Å². The van der Waals surface area contributed by atoms with Crippen molar-refractivity contribution in [3.63, 3.8) is 0 Å². The van der Waals surface area contributed by atoms with Crippen LogP contribution in [0.1, 0.15) is 68.6 Å².